The highest BCUT2D eigenvalue weighted by Gasteiger charge is 2.22. The fourth-order valence-electron chi connectivity index (χ4n) is 1.05. The smallest absolute Gasteiger partial charge is 0.0598 e. The van der Waals surface area contributed by atoms with E-state index in [0.29, 0.717) is 0 Å². The Labute approximate surface area is 95.3 Å². The van der Waals surface area contributed by atoms with E-state index in [0.717, 1.165) is 26.2 Å². The lowest BCUT2D eigenvalue weighted by Gasteiger charge is -2.29. The summed E-state index contributed by atoms with van der Waals surface area (Å²) in [6, 6.07) is 0. The molecule has 0 saturated heterocycles. The van der Waals surface area contributed by atoms with Gasteiger partial charge >= 0.3 is 0 Å². The molecule has 2 heteroatoms. The average Bonchev–Trinajstić information content (AvgIpc) is 2.09. The quantitative estimate of drug-likeness (QED) is 0.605. The molecule has 2 nitrogen and oxygen atoms in total. The molecule has 0 amide bonds. The molecule has 0 aromatic carbocycles. The zero-order valence-corrected chi connectivity index (χ0v) is 11.4. The van der Waals surface area contributed by atoms with Gasteiger partial charge in [-0.15, -0.1) is 0 Å². The molecule has 15 heavy (non-hydrogen) atoms. The van der Waals surface area contributed by atoms with Crippen molar-refractivity contribution in [2.45, 2.75) is 60.0 Å². The van der Waals surface area contributed by atoms with E-state index in [9.17, 15) is 0 Å². The molecule has 0 atom stereocenters. The van der Waals surface area contributed by atoms with Crippen molar-refractivity contribution in [1.29, 1.82) is 0 Å². The molecule has 0 unspecified atom stereocenters. The van der Waals surface area contributed by atoms with Crippen molar-refractivity contribution in [3.63, 3.8) is 0 Å². The Morgan fingerprint density at radius 1 is 0.933 bits per heavy atom. The topological polar surface area (TPSA) is 18.5 Å². The molecule has 0 bridgehead atoms. The normalized spacial score (nSPS) is 13.2. The van der Waals surface area contributed by atoms with E-state index in [1.807, 2.05) is 0 Å². The summed E-state index contributed by atoms with van der Waals surface area (Å²) >= 11 is 0. The zero-order valence-electron chi connectivity index (χ0n) is 11.4. The lowest BCUT2D eigenvalue weighted by Crippen LogP contribution is -2.31. The van der Waals surface area contributed by atoms with Crippen molar-refractivity contribution in [3.8, 4) is 0 Å². The van der Waals surface area contributed by atoms with Gasteiger partial charge in [0.15, 0.2) is 0 Å². The molecule has 0 aliphatic carbocycles. The Morgan fingerprint density at radius 2 is 1.53 bits per heavy atom. The van der Waals surface area contributed by atoms with E-state index in [-0.39, 0.29) is 11.0 Å². The Bertz CT molecular complexity index is 156. The molecule has 0 spiro atoms. The van der Waals surface area contributed by atoms with Crippen LogP contribution < -0.4 is 0 Å². The van der Waals surface area contributed by atoms with Crippen LogP contribution >= 0.6 is 0 Å². The lowest BCUT2D eigenvalue weighted by atomic mass is 9.96. The van der Waals surface area contributed by atoms with Crippen LogP contribution in [0.15, 0.2) is 0 Å². The third-order valence-electron chi connectivity index (χ3n) is 2.03. The summed E-state index contributed by atoms with van der Waals surface area (Å²) in [7, 11) is 0. The molecule has 0 fully saturated rings. The first-order valence-corrected chi connectivity index (χ1v) is 5.98. The Morgan fingerprint density at radius 3 is 2.00 bits per heavy atom. The van der Waals surface area contributed by atoms with Gasteiger partial charge in [0.2, 0.25) is 0 Å². The SMILES string of the molecule is CCCCOCC(C)(C)COC(C)(C)C. The van der Waals surface area contributed by atoms with Crippen LogP contribution in [0.2, 0.25) is 0 Å². The first-order valence-electron chi connectivity index (χ1n) is 5.98. The Kier molecular flexibility index (Phi) is 6.46. The van der Waals surface area contributed by atoms with Gasteiger partial charge in [0.1, 0.15) is 0 Å². The minimum Gasteiger partial charge on any atom is -0.381 e. The standard InChI is InChI=1S/C13H28O2/c1-7-8-9-14-10-13(5,6)11-15-12(2,3)4/h7-11H2,1-6H3. The van der Waals surface area contributed by atoms with Gasteiger partial charge in [0.25, 0.3) is 0 Å². The maximum absolute atomic E-state index is 5.77. The van der Waals surface area contributed by atoms with Gasteiger partial charge in [-0.3, -0.25) is 0 Å². The Hall–Kier alpha value is -0.0800. The highest BCUT2D eigenvalue weighted by Crippen LogP contribution is 2.20. The van der Waals surface area contributed by atoms with Crippen molar-refractivity contribution in [2.24, 2.45) is 5.41 Å². The lowest BCUT2D eigenvalue weighted by molar-refractivity contribution is -0.0668. The van der Waals surface area contributed by atoms with Crippen molar-refractivity contribution in [3.05, 3.63) is 0 Å². The van der Waals surface area contributed by atoms with E-state index in [1.165, 1.54) is 6.42 Å². The molecule has 0 heterocycles. The molecule has 0 aliphatic rings. The van der Waals surface area contributed by atoms with E-state index < -0.39 is 0 Å². The van der Waals surface area contributed by atoms with Gasteiger partial charge in [0, 0.05) is 12.0 Å². The average molecular weight is 216 g/mol. The first kappa shape index (κ1) is 14.9. The largest absolute Gasteiger partial charge is 0.381 e. The molecular formula is C13H28O2. The number of rotatable bonds is 7. The monoisotopic (exact) mass is 216 g/mol. The number of ether oxygens (including phenoxy) is 2. The number of unbranched alkanes of at least 4 members (excludes halogenated alkanes) is 1. The predicted molar refractivity (Wildman–Crippen MR) is 65.2 cm³/mol. The molecular weight excluding hydrogens is 188 g/mol. The second kappa shape index (κ2) is 6.49. The van der Waals surface area contributed by atoms with E-state index in [1.54, 1.807) is 0 Å². The van der Waals surface area contributed by atoms with Crippen LogP contribution in [0.3, 0.4) is 0 Å². The highest BCUT2D eigenvalue weighted by atomic mass is 16.5. The molecule has 0 aromatic rings. The van der Waals surface area contributed by atoms with Crippen LogP contribution in [0, 0.1) is 5.41 Å². The fraction of sp³-hybridized carbons (Fsp3) is 1.00. The Balaban J connectivity index is 3.67. The highest BCUT2D eigenvalue weighted by molar-refractivity contribution is 4.70. The summed E-state index contributed by atoms with van der Waals surface area (Å²) in [6.45, 7) is 15.2. The minimum atomic E-state index is -0.0549. The van der Waals surface area contributed by atoms with Crippen molar-refractivity contribution < 1.29 is 9.47 Å². The van der Waals surface area contributed by atoms with Gasteiger partial charge in [-0.2, -0.15) is 0 Å². The van der Waals surface area contributed by atoms with Crippen LogP contribution in [-0.2, 0) is 9.47 Å². The molecule has 0 saturated carbocycles. The maximum atomic E-state index is 5.77. The van der Waals surface area contributed by atoms with Gasteiger partial charge in [-0.25, -0.2) is 0 Å². The summed E-state index contributed by atoms with van der Waals surface area (Å²) in [5, 5.41) is 0. The number of hydrogen-bond donors (Lipinski definition) is 0. The fourth-order valence-corrected chi connectivity index (χ4v) is 1.05. The van der Waals surface area contributed by atoms with Crippen LogP contribution in [0.5, 0.6) is 0 Å². The van der Waals surface area contributed by atoms with Crippen LogP contribution in [-0.4, -0.2) is 25.4 Å². The van der Waals surface area contributed by atoms with Crippen molar-refractivity contribution in [2.75, 3.05) is 19.8 Å². The predicted octanol–water partition coefficient (Wildman–Crippen LogP) is 3.64. The molecule has 0 aromatic heterocycles. The second-order valence-corrected chi connectivity index (χ2v) is 5.97. The summed E-state index contributed by atoms with van der Waals surface area (Å²) < 4.78 is 11.4. The summed E-state index contributed by atoms with van der Waals surface area (Å²) in [5.41, 5.74) is 0.0573. The molecule has 0 rings (SSSR count). The molecule has 0 N–H and O–H groups in total. The molecule has 0 aliphatic heterocycles. The van der Waals surface area contributed by atoms with Gasteiger partial charge in [-0.05, 0) is 27.2 Å². The van der Waals surface area contributed by atoms with Gasteiger partial charge in [-0.1, -0.05) is 27.2 Å². The zero-order chi connectivity index (χ0) is 11.9. The van der Waals surface area contributed by atoms with Crippen LogP contribution in [0.1, 0.15) is 54.4 Å². The van der Waals surface area contributed by atoms with E-state index >= 15 is 0 Å². The maximum Gasteiger partial charge on any atom is 0.0598 e. The summed E-state index contributed by atoms with van der Waals surface area (Å²) in [6.07, 6.45) is 2.34. The van der Waals surface area contributed by atoms with E-state index in [4.69, 9.17) is 9.47 Å². The van der Waals surface area contributed by atoms with Crippen LogP contribution in [0.4, 0.5) is 0 Å². The minimum absolute atomic E-state index is 0.0549. The summed E-state index contributed by atoms with van der Waals surface area (Å²) in [4.78, 5) is 0. The third-order valence-corrected chi connectivity index (χ3v) is 2.03. The van der Waals surface area contributed by atoms with Crippen LogP contribution in [0.25, 0.3) is 0 Å². The third kappa shape index (κ3) is 10.2. The van der Waals surface area contributed by atoms with Crippen molar-refractivity contribution in [1.82, 2.24) is 0 Å². The second-order valence-electron chi connectivity index (χ2n) is 5.97. The molecule has 92 valence electrons. The van der Waals surface area contributed by atoms with Gasteiger partial charge < -0.3 is 9.47 Å². The van der Waals surface area contributed by atoms with Crippen molar-refractivity contribution >= 4 is 0 Å². The summed E-state index contributed by atoms with van der Waals surface area (Å²) in [5.74, 6) is 0. The van der Waals surface area contributed by atoms with Gasteiger partial charge in [0.05, 0.1) is 18.8 Å². The number of hydrogen-bond acceptors (Lipinski definition) is 2. The molecule has 0 radical (unpaired) electrons. The first-order chi connectivity index (χ1) is 6.77. The van der Waals surface area contributed by atoms with E-state index in [2.05, 4.69) is 41.5 Å².